The first-order valence-electron chi connectivity index (χ1n) is 5.92. The summed E-state index contributed by atoms with van der Waals surface area (Å²) in [6.07, 6.45) is 4.64. The van der Waals surface area contributed by atoms with Crippen molar-refractivity contribution in [2.24, 2.45) is 0 Å². The first kappa shape index (κ1) is 12.2. The fraction of sp³-hybridized carbons (Fsp3) is 0.143. The maximum atomic E-state index is 11.3. The van der Waals surface area contributed by atoms with Gasteiger partial charge in [0.2, 0.25) is 5.91 Å². The number of amides is 1. The third-order valence-corrected chi connectivity index (χ3v) is 3.53. The molecule has 5 heteroatoms. The highest BCUT2D eigenvalue weighted by atomic mass is 79.9. The summed E-state index contributed by atoms with van der Waals surface area (Å²) in [5, 5.41) is 2.85. The predicted octanol–water partition coefficient (Wildman–Crippen LogP) is 3.52. The SMILES string of the molecule is O=C1CCc2cc(Oc3ccncc3Br)ccc2N1. The molecule has 0 unspecified atom stereocenters. The first-order chi connectivity index (χ1) is 9.22. The Hall–Kier alpha value is -1.88. The molecule has 2 aromatic rings. The summed E-state index contributed by atoms with van der Waals surface area (Å²) < 4.78 is 6.61. The molecule has 1 aromatic heterocycles. The number of aryl methyl sites for hydroxylation is 1. The number of ether oxygens (including phenoxy) is 1. The van der Waals surface area contributed by atoms with Crippen molar-refractivity contribution in [3.05, 3.63) is 46.7 Å². The smallest absolute Gasteiger partial charge is 0.224 e. The number of hydrogen-bond acceptors (Lipinski definition) is 3. The minimum absolute atomic E-state index is 0.0676. The number of rotatable bonds is 2. The van der Waals surface area contributed by atoms with Crippen molar-refractivity contribution in [3.8, 4) is 11.5 Å². The number of fused-ring (bicyclic) bond motifs is 1. The number of nitrogens with zero attached hydrogens (tertiary/aromatic N) is 1. The second-order valence-electron chi connectivity index (χ2n) is 4.28. The van der Waals surface area contributed by atoms with Gasteiger partial charge in [-0.2, -0.15) is 0 Å². The fourth-order valence-corrected chi connectivity index (χ4v) is 2.33. The van der Waals surface area contributed by atoms with E-state index in [0.29, 0.717) is 6.42 Å². The number of carbonyl (C=O) groups is 1. The standard InChI is InChI=1S/C14H11BrN2O2/c15-11-8-16-6-5-13(11)19-10-2-3-12-9(7-10)1-4-14(18)17-12/h2-3,5-8H,1,4H2,(H,17,18). The van der Waals surface area contributed by atoms with Crippen LogP contribution in [-0.4, -0.2) is 10.9 Å². The van der Waals surface area contributed by atoms with Gasteiger partial charge in [0.25, 0.3) is 0 Å². The lowest BCUT2D eigenvalue weighted by molar-refractivity contribution is -0.116. The van der Waals surface area contributed by atoms with Crippen molar-refractivity contribution >= 4 is 27.5 Å². The number of benzene rings is 1. The molecule has 1 aromatic carbocycles. The number of carbonyl (C=O) groups excluding carboxylic acids is 1. The quantitative estimate of drug-likeness (QED) is 0.921. The number of hydrogen-bond donors (Lipinski definition) is 1. The molecule has 1 amide bonds. The Morgan fingerprint density at radius 2 is 2.16 bits per heavy atom. The van der Waals surface area contributed by atoms with Crippen LogP contribution in [0.2, 0.25) is 0 Å². The topological polar surface area (TPSA) is 51.2 Å². The van der Waals surface area contributed by atoms with Crippen LogP contribution in [0.5, 0.6) is 11.5 Å². The lowest BCUT2D eigenvalue weighted by atomic mass is 10.0. The van der Waals surface area contributed by atoms with Gasteiger partial charge in [0, 0.05) is 30.6 Å². The van der Waals surface area contributed by atoms with Crippen LogP contribution in [0.25, 0.3) is 0 Å². The molecule has 19 heavy (non-hydrogen) atoms. The van der Waals surface area contributed by atoms with E-state index >= 15 is 0 Å². The van der Waals surface area contributed by atoms with Crippen LogP contribution in [0.4, 0.5) is 5.69 Å². The molecule has 96 valence electrons. The van der Waals surface area contributed by atoms with E-state index in [9.17, 15) is 4.79 Å². The molecule has 0 saturated carbocycles. The Morgan fingerprint density at radius 1 is 1.26 bits per heavy atom. The maximum absolute atomic E-state index is 11.3. The van der Waals surface area contributed by atoms with Crippen molar-refractivity contribution in [2.45, 2.75) is 12.8 Å². The average Bonchev–Trinajstić information content (AvgIpc) is 2.41. The molecule has 1 N–H and O–H groups in total. The van der Waals surface area contributed by atoms with Crippen molar-refractivity contribution < 1.29 is 9.53 Å². The van der Waals surface area contributed by atoms with Crippen LogP contribution in [0.1, 0.15) is 12.0 Å². The van der Waals surface area contributed by atoms with Crippen LogP contribution in [-0.2, 0) is 11.2 Å². The van der Waals surface area contributed by atoms with Gasteiger partial charge in [0.1, 0.15) is 11.5 Å². The first-order valence-corrected chi connectivity index (χ1v) is 6.72. The van der Waals surface area contributed by atoms with E-state index in [2.05, 4.69) is 26.2 Å². The van der Waals surface area contributed by atoms with E-state index in [4.69, 9.17) is 4.74 Å². The van der Waals surface area contributed by atoms with Gasteiger partial charge in [-0.1, -0.05) is 0 Å². The molecule has 1 aliphatic rings. The largest absolute Gasteiger partial charge is 0.456 e. The molecule has 3 rings (SSSR count). The van der Waals surface area contributed by atoms with Crippen LogP contribution in [0.3, 0.4) is 0 Å². The third kappa shape index (κ3) is 2.61. The maximum Gasteiger partial charge on any atom is 0.224 e. The minimum atomic E-state index is 0.0676. The van der Waals surface area contributed by atoms with Crippen molar-refractivity contribution in [1.29, 1.82) is 0 Å². The summed E-state index contributed by atoms with van der Waals surface area (Å²) in [7, 11) is 0. The predicted molar refractivity (Wildman–Crippen MR) is 75.4 cm³/mol. The highest BCUT2D eigenvalue weighted by Crippen LogP contribution is 2.32. The van der Waals surface area contributed by atoms with Crippen molar-refractivity contribution in [2.75, 3.05) is 5.32 Å². The van der Waals surface area contributed by atoms with Gasteiger partial charge >= 0.3 is 0 Å². The molecular weight excluding hydrogens is 308 g/mol. The summed E-state index contributed by atoms with van der Waals surface area (Å²) in [6, 6.07) is 7.47. The van der Waals surface area contributed by atoms with Crippen molar-refractivity contribution in [3.63, 3.8) is 0 Å². The molecule has 0 aliphatic carbocycles. The molecule has 0 bridgehead atoms. The monoisotopic (exact) mass is 318 g/mol. The van der Waals surface area contributed by atoms with E-state index in [1.165, 1.54) is 0 Å². The molecule has 1 aliphatic heterocycles. The van der Waals surface area contributed by atoms with Crippen LogP contribution in [0, 0.1) is 0 Å². The number of aromatic nitrogens is 1. The van der Waals surface area contributed by atoms with Crippen LogP contribution < -0.4 is 10.1 Å². The van der Waals surface area contributed by atoms with Gasteiger partial charge in [-0.15, -0.1) is 0 Å². The summed E-state index contributed by atoms with van der Waals surface area (Å²) in [5.41, 5.74) is 1.97. The zero-order valence-electron chi connectivity index (χ0n) is 10.0. The average molecular weight is 319 g/mol. The Balaban J connectivity index is 1.87. The number of pyridine rings is 1. The van der Waals surface area contributed by atoms with Crippen molar-refractivity contribution in [1.82, 2.24) is 4.98 Å². The zero-order chi connectivity index (χ0) is 13.2. The highest BCUT2D eigenvalue weighted by Gasteiger charge is 2.15. The molecule has 0 atom stereocenters. The zero-order valence-corrected chi connectivity index (χ0v) is 11.6. The van der Waals surface area contributed by atoms with E-state index in [1.807, 2.05) is 18.2 Å². The molecule has 2 heterocycles. The Labute approximate surface area is 118 Å². The number of nitrogens with one attached hydrogen (secondary N) is 1. The van der Waals surface area contributed by atoms with Gasteiger partial charge in [-0.3, -0.25) is 9.78 Å². The fourth-order valence-electron chi connectivity index (χ4n) is 2.00. The molecule has 0 spiro atoms. The van der Waals surface area contributed by atoms with Gasteiger partial charge in [-0.05, 0) is 46.1 Å². The van der Waals surface area contributed by atoms with E-state index < -0.39 is 0 Å². The summed E-state index contributed by atoms with van der Waals surface area (Å²) >= 11 is 3.39. The van der Waals surface area contributed by atoms with E-state index in [1.54, 1.807) is 18.5 Å². The number of anilines is 1. The lowest BCUT2D eigenvalue weighted by Gasteiger charge is -2.17. The third-order valence-electron chi connectivity index (χ3n) is 2.94. The molecule has 0 radical (unpaired) electrons. The molecular formula is C14H11BrN2O2. The second kappa shape index (κ2) is 5.01. The summed E-state index contributed by atoms with van der Waals surface area (Å²) in [6.45, 7) is 0. The lowest BCUT2D eigenvalue weighted by Crippen LogP contribution is -2.18. The highest BCUT2D eigenvalue weighted by molar-refractivity contribution is 9.10. The Kier molecular flexibility index (Phi) is 3.21. The second-order valence-corrected chi connectivity index (χ2v) is 5.13. The van der Waals surface area contributed by atoms with Gasteiger partial charge in [0.15, 0.2) is 0 Å². The minimum Gasteiger partial charge on any atom is -0.456 e. The summed E-state index contributed by atoms with van der Waals surface area (Å²) in [4.78, 5) is 15.3. The number of halogens is 1. The van der Waals surface area contributed by atoms with Gasteiger partial charge < -0.3 is 10.1 Å². The van der Waals surface area contributed by atoms with Gasteiger partial charge in [-0.25, -0.2) is 0 Å². The van der Waals surface area contributed by atoms with Crippen LogP contribution in [0.15, 0.2) is 41.1 Å². The molecule has 4 nitrogen and oxygen atoms in total. The van der Waals surface area contributed by atoms with Crippen LogP contribution >= 0.6 is 15.9 Å². The van der Waals surface area contributed by atoms with Gasteiger partial charge in [0.05, 0.1) is 4.47 Å². The normalized spacial score (nSPS) is 13.6. The van der Waals surface area contributed by atoms with E-state index in [0.717, 1.165) is 33.6 Å². The Morgan fingerprint density at radius 3 is 3.00 bits per heavy atom. The van der Waals surface area contributed by atoms with E-state index in [-0.39, 0.29) is 5.91 Å². The molecule has 0 saturated heterocycles. The summed E-state index contributed by atoms with van der Waals surface area (Å²) in [5.74, 6) is 1.54. The Bertz CT molecular complexity index is 643. The molecule has 0 fully saturated rings.